The van der Waals surface area contributed by atoms with E-state index in [4.69, 9.17) is 5.73 Å². The molecule has 2 heterocycles. The van der Waals surface area contributed by atoms with E-state index in [1.165, 1.54) is 12.0 Å². The normalized spacial score (nSPS) is 26.9. The van der Waals surface area contributed by atoms with Crippen LogP contribution in [0.3, 0.4) is 0 Å². The van der Waals surface area contributed by atoms with Gasteiger partial charge in [0.15, 0.2) is 0 Å². The van der Waals surface area contributed by atoms with Gasteiger partial charge in [-0.1, -0.05) is 13.8 Å². The first-order chi connectivity index (χ1) is 8.08. The standard InChI is InChI=1S/C14H23N3/c1-10-5-7-17(9-11(10)2)14-8-13(12(3)15)4-6-16-14/h4,6,8,10-12H,5,7,9,15H2,1-3H3. The van der Waals surface area contributed by atoms with Gasteiger partial charge < -0.3 is 10.6 Å². The summed E-state index contributed by atoms with van der Waals surface area (Å²) in [4.78, 5) is 6.86. The molecule has 1 aliphatic rings. The smallest absolute Gasteiger partial charge is 0.128 e. The monoisotopic (exact) mass is 233 g/mol. The van der Waals surface area contributed by atoms with Gasteiger partial charge in [-0.2, -0.15) is 0 Å². The van der Waals surface area contributed by atoms with Gasteiger partial charge in [0, 0.05) is 25.3 Å². The zero-order valence-electron chi connectivity index (χ0n) is 11.1. The maximum atomic E-state index is 5.92. The van der Waals surface area contributed by atoms with E-state index in [1.807, 2.05) is 19.2 Å². The Morgan fingerprint density at radius 2 is 2.18 bits per heavy atom. The number of pyridine rings is 1. The molecule has 94 valence electrons. The molecule has 2 N–H and O–H groups in total. The second-order valence-electron chi connectivity index (χ2n) is 5.43. The lowest BCUT2D eigenvalue weighted by Gasteiger charge is -2.36. The van der Waals surface area contributed by atoms with Crippen molar-refractivity contribution >= 4 is 5.82 Å². The van der Waals surface area contributed by atoms with E-state index in [2.05, 4.69) is 29.8 Å². The summed E-state index contributed by atoms with van der Waals surface area (Å²) in [6.07, 6.45) is 3.13. The molecule has 1 saturated heterocycles. The Morgan fingerprint density at radius 3 is 2.82 bits per heavy atom. The van der Waals surface area contributed by atoms with Crippen molar-refractivity contribution in [1.82, 2.24) is 4.98 Å². The molecule has 1 aliphatic heterocycles. The van der Waals surface area contributed by atoms with E-state index in [9.17, 15) is 0 Å². The van der Waals surface area contributed by atoms with Gasteiger partial charge in [-0.25, -0.2) is 4.98 Å². The van der Waals surface area contributed by atoms with Crippen molar-refractivity contribution in [2.45, 2.75) is 33.2 Å². The number of piperidine rings is 1. The molecule has 0 aliphatic carbocycles. The molecule has 0 aromatic carbocycles. The molecule has 3 nitrogen and oxygen atoms in total. The molecule has 1 aromatic heterocycles. The third-order valence-corrected chi connectivity index (χ3v) is 3.95. The third kappa shape index (κ3) is 2.78. The van der Waals surface area contributed by atoms with Gasteiger partial charge in [0.25, 0.3) is 0 Å². The number of hydrogen-bond donors (Lipinski definition) is 1. The van der Waals surface area contributed by atoms with E-state index in [-0.39, 0.29) is 6.04 Å². The number of aromatic nitrogens is 1. The molecular weight excluding hydrogens is 210 g/mol. The largest absolute Gasteiger partial charge is 0.356 e. The van der Waals surface area contributed by atoms with Crippen LogP contribution in [0.2, 0.25) is 0 Å². The lowest BCUT2D eigenvalue weighted by atomic mass is 9.88. The van der Waals surface area contributed by atoms with Crippen LogP contribution in [-0.2, 0) is 0 Å². The molecule has 3 atom stereocenters. The molecule has 2 rings (SSSR count). The topological polar surface area (TPSA) is 42.1 Å². The average molecular weight is 233 g/mol. The van der Waals surface area contributed by atoms with Crippen molar-refractivity contribution in [1.29, 1.82) is 0 Å². The summed E-state index contributed by atoms with van der Waals surface area (Å²) in [5, 5.41) is 0. The fraction of sp³-hybridized carbons (Fsp3) is 0.643. The first-order valence-electron chi connectivity index (χ1n) is 6.54. The van der Waals surface area contributed by atoms with Crippen LogP contribution in [0.1, 0.15) is 38.8 Å². The fourth-order valence-corrected chi connectivity index (χ4v) is 2.36. The highest BCUT2D eigenvalue weighted by Gasteiger charge is 2.23. The number of hydrogen-bond acceptors (Lipinski definition) is 3. The predicted molar refractivity (Wildman–Crippen MR) is 72.0 cm³/mol. The number of anilines is 1. The molecular formula is C14H23N3. The van der Waals surface area contributed by atoms with Crippen LogP contribution in [0, 0.1) is 11.8 Å². The van der Waals surface area contributed by atoms with Crippen molar-refractivity contribution in [3.63, 3.8) is 0 Å². The van der Waals surface area contributed by atoms with Crippen molar-refractivity contribution < 1.29 is 0 Å². The summed E-state index contributed by atoms with van der Waals surface area (Å²) < 4.78 is 0. The van der Waals surface area contributed by atoms with Crippen LogP contribution >= 0.6 is 0 Å². The van der Waals surface area contributed by atoms with Gasteiger partial charge in [0.1, 0.15) is 5.82 Å². The minimum atomic E-state index is 0.0814. The number of nitrogens with zero attached hydrogens (tertiary/aromatic N) is 2. The van der Waals surface area contributed by atoms with Gasteiger partial charge in [-0.05, 0) is 42.9 Å². The van der Waals surface area contributed by atoms with E-state index >= 15 is 0 Å². The molecule has 1 aromatic rings. The maximum absolute atomic E-state index is 5.92. The summed E-state index contributed by atoms with van der Waals surface area (Å²) in [5.74, 6) is 2.64. The van der Waals surface area contributed by atoms with E-state index < -0.39 is 0 Å². The summed E-state index contributed by atoms with van der Waals surface area (Å²) in [6.45, 7) is 8.90. The summed E-state index contributed by atoms with van der Waals surface area (Å²) in [7, 11) is 0. The Kier molecular flexibility index (Phi) is 3.67. The lowest BCUT2D eigenvalue weighted by Crippen LogP contribution is -2.38. The Balaban J connectivity index is 2.14. The van der Waals surface area contributed by atoms with Crippen LogP contribution in [-0.4, -0.2) is 18.1 Å². The van der Waals surface area contributed by atoms with Crippen LogP contribution in [0.5, 0.6) is 0 Å². The van der Waals surface area contributed by atoms with Crippen molar-refractivity contribution in [3.05, 3.63) is 23.9 Å². The van der Waals surface area contributed by atoms with Gasteiger partial charge >= 0.3 is 0 Å². The van der Waals surface area contributed by atoms with E-state index in [0.717, 1.165) is 30.7 Å². The molecule has 3 heteroatoms. The summed E-state index contributed by atoms with van der Waals surface area (Å²) in [6, 6.07) is 4.22. The van der Waals surface area contributed by atoms with Crippen LogP contribution < -0.4 is 10.6 Å². The summed E-state index contributed by atoms with van der Waals surface area (Å²) in [5.41, 5.74) is 7.08. The molecule has 0 spiro atoms. The second-order valence-corrected chi connectivity index (χ2v) is 5.43. The van der Waals surface area contributed by atoms with Gasteiger partial charge in [0.2, 0.25) is 0 Å². The molecule has 0 amide bonds. The highest BCUT2D eigenvalue weighted by molar-refractivity contribution is 5.42. The Bertz CT molecular complexity index is 375. The van der Waals surface area contributed by atoms with Crippen LogP contribution in [0.15, 0.2) is 18.3 Å². The molecule has 0 saturated carbocycles. The Labute approximate surface area is 104 Å². The van der Waals surface area contributed by atoms with Gasteiger partial charge in [0.05, 0.1) is 0 Å². The Morgan fingerprint density at radius 1 is 1.41 bits per heavy atom. The first kappa shape index (κ1) is 12.4. The minimum Gasteiger partial charge on any atom is -0.356 e. The minimum absolute atomic E-state index is 0.0814. The molecule has 1 fully saturated rings. The van der Waals surface area contributed by atoms with Crippen molar-refractivity contribution in [2.24, 2.45) is 17.6 Å². The molecule has 0 bridgehead atoms. The maximum Gasteiger partial charge on any atom is 0.128 e. The lowest BCUT2D eigenvalue weighted by molar-refractivity contribution is 0.323. The van der Waals surface area contributed by atoms with Gasteiger partial charge in [-0.15, -0.1) is 0 Å². The number of rotatable bonds is 2. The highest BCUT2D eigenvalue weighted by Crippen LogP contribution is 2.26. The van der Waals surface area contributed by atoms with E-state index in [1.54, 1.807) is 0 Å². The van der Waals surface area contributed by atoms with E-state index in [0.29, 0.717) is 0 Å². The van der Waals surface area contributed by atoms with Crippen molar-refractivity contribution in [3.8, 4) is 0 Å². The summed E-state index contributed by atoms with van der Waals surface area (Å²) >= 11 is 0. The SMILES string of the molecule is CC(N)c1ccnc(N2CCC(C)C(C)C2)c1. The fourth-order valence-electron chi connectivity index (χ4n) is 2.36. The third-order valence-electron chi connectivity index (χ3n) is 3.95. The average Bonchev–Trinajstić information content (AvgIpc) is 2.33. The van der Waals surface area contributed by atoms with Gasteiger partial charge in [-0.3, -0.25) is 0 Å². The van der Waals surface area contributed by atoms with Crippen LogP contribution in [0.25, 0.3) is 0 Å². The first-order valence-corrected chi connectivity index (χ1v) is 6.54. The van der Waals surface area contributed by atoms with Crippen molar-refractivity contribution in [2.75, 3.05) is 18.0 Å². The quantitative estimate of drug-likeness (QED) is 0.853. The second kappa shape index (κ2) is 5.05. The Hall–Kier alpha value is -1.09. The highest BCUT2D eigenvalue weighted by atomic mass is 15.2. The van der Waals surface area contributed by atoms with Crippen LogP contribution in [0.4, 0.5) is 5.82 Å². The number of nitrogens with two attached hydrogens (primary N) is 1. The zero-order chi connectivity index (χ0) is 12.4. The molecule has 17 heavy (non-hydrogen) atoms. The predicted octanol–water partition coefficient (Wildman–Crippen LogP) is 2.58. The zero-order valence-corrected chi connectivity index (χ0v) is 11.1. The molecule has 0 radical (unpaired) electrons. The molecule has 3 unspecified atom stereocenters.